The number of nitrogens with zero attached hydrogens (tertiary/aromatic N) is 5. The van der Waals surface area contributed by atoms with E-state index in [1.807, 2.05) is 6.92 Å². The van der Waals surface area contributed by atoms with Crippen LogP contribution >= 0.6 is 0 Å². The summed E-state index contributed by atoms with van der Waals surface area (Å²) in [5, 5.41) is 0. The van der Waals surface area contributed by atoms with Gasteiger partial charge in [-0.1, -0.05) is 13.3 Å². The van der Waals surface area contributed by atoms with Gasteiger partial charge in [-0.15, -0.1) is 0 Å². The first-order valence-electron chi connectivity index (χ1n) is 10.2. The summed E-state index contributed by atoms with van der Waals surface area (Å²) >= 11 is 0. The molecule has 3 amide bonds. The minimum Gasteiger partial charge on any atom is -0.450 e. The molecule has 0 spiro atoms. The molecule has 2 rings (SSSR count). The average molecular weight is 405 g/mol. The van der Waals surface area contributed by atoms with Crippen molar-refractivity contribution < 1.29 is 19.1 Å². The van der Waals surface area contributed by atoms with Gasteiger partial charge in [0.2, 0.25) is 5.91 Å². The summed E-state index contributed by atoms with van der Waals surface area (Å²) in [5.74, 6) is -0.219. The number of carbonyl (C=O) groups excluding carboxylic acids is 3. The summed E-state index contributed by atoms with van der Waals surface area (Å²) in [4.78, 5) is 50.5. The highest BCUT2D eigenvalue weighted by molar-refractivity contribution is 5.92. The van der Waals surface area contributed by atoms with E-state index in [0.717, 1.165) is 18.5 Å². The van der Waals surface area contributed by atoms with Crippen LogP contribution in [-0.2, 0) is 9.53 Å². The van der Waals surface area contributed by atoms with Crippen LogP contribution in [0.5, 0.6) is 0 Å². The SMILES string of the molecule is CCCCN(CCC(=O)N1CCN(C(=O)OCC)CC1)C(=O)c1cnc(C)cn1. The van der Waals surface area contributed by atoms with Crippen molar-refractivity contribution in [3.63, 3.8) is 0 Å². The number of unbranched alkanes of at least 4 members (excludes halogenated alkanes) is 1. The molecule has 1 aliphatic rings. The zero-order valence-corrected chi connectivity index (χ0v) is 17.6. The van der Waals surface area contributed by atoms with Crippen molar-refractivity contribution in [2.24, 2.45) is 0 Å². The predicted octanol–water partition coefficient (Wildman–Crippen LogP) is 1.72. The zero-order chi connectivity index (χ0) is 21.2. The maximum atomic E-state index is 12.8. The highest BCUT2D eigenvalue weighted by Gasteiger charge is 2.25. The van der Waals surface area contributed by atoms with Crippen molar-refractivity contribution in [3.8, 4) is 0 Å². The maximum Gasteiger partial charge on any atom is 0.409 e. The van der Waals surface area contributed by atoms with Crippen molar-refractivity contribution in [1.29, 1.82) is 0 Å². The second kappa shape index (κ2) is 11.3. The number of ether oxygens (including phenoxy) is 1. The number of aryl methyl sites for hydroxylation is 1. The first-order chi connectivity index (χ1) is 14.0. The Kier molecular flexibility index (Phi) is 8.82. The van der Waals surface area contributed by atoms with E-state index in [9.17, 15) is 14.4 Å². The van der Waals surface area contributed by atoms with E-state index in [1.54, 1.807) is 27.8 Å². The van der Waals surface area contributed by atoms with Crippen molar-refractivity contribution in [2.45, 2.75) is 40.0 Å². The van der Waals surface area contributed by atoms with Gasteiger partial charge in [0, 0.05) is 51.9 Å². The Labute approximate surface area is 172 Å². The fourth-order valence-corrected chi connectivity index (χ4v) is 3.07. The Morgan fingerprint density at radius 2 is 1.72 bits per heavy atom. The lowest BCUT2D eigenvalue weighted by Crippen LogP contribution is -2.51. The molecule has 9 nitrogen and oxygen atoms in total. The first kappa shape index (κ1) is 22.6. The van der Waals surface area contributed by atoms with Gasteiger partial charge in [0.1, 0.15) is 5.69 Å². The summed E-state index contributed by atoms with van der Waals surface area (Å²) in [7, 11) is 0. The molecule has 1 fully saturated rings. The van der Waals surface area contributed by atoms with Crippen LogP contribution in [0.1, 0.15) is 49.3 Å². The van der Waals surface area contributed by atoms with Crippen LogP contribution in [0.3, 0.4) is 0 Å². The van der Waals surface area contributed by atoms with Gasteiger partial charge in [0.25, 0.3) is 5.91 Å². The summed E-state index contributed by atoms with van der Waals surface area (Å²) in [6.45, 7) is 8.77. The average Bonchev–Trinajstić information content (AvgIpc) is 2.74. The Bertz CT molecular complexity index is 687. The van der Waals surface area contributed by atoms with Gasteiger partial charge in [0.05, 0.1) is 18.5 Å². The van der Waals surface area contributed by atoms with Gasteiger partial charge in [-0.05, 0) is 20.3 Å². The third kappa shape index (κ3) is 6.69. The second-order valence-corrected chi connectivity index (χ2v) is 7.01. The molecule has 0 bridgehead atoms. The molecule has 29 heavy (non-hydrogen) atoms. The number of piperazine rings is 1. The topological polar surface area (TPSA) is 95.9 Å². The molecular formula is C20H31N5O4. The monoisotopic (exact) mass is 405 g/mol. The Morgan fingerprint density at radius 3 is 2.31 bits per heavy atom. The van der Waals surface area contributed by atoms with E-state index in [1.165, 1.54) is 6.20 Å². The Morgan fingerprint density at radius 1 is 1.03 bits per heavy atom. The molecule has 0 saturated carbocycles. The highest BCUT2D eigenvalue weighted by atomic mass is 16.6. The third-order valence-electron chi connectivity index (χ3n) is 4.82. The van der Waals surface area contributed by atoms with Crippen molar-refractivity contribution in [3.05, 3.63) is 23.8 Å². The maximum absolute atomic E-state index is 12.8. The quantitative estimate of drug-likeness (QED) is 0.653. The molecule has 1 aliphatic heterocycles. The fourth-order valence-electron chi connectivity index (χ4n) is 3.07. The number of aromatic nitrogens is 2. The number of carbonyl (C=O) groups is 3. The van der Waals surface area contributed by atoms with Gasteiger partial charge in [-0.2, -0.15) is 0 Å². The molecule has 1 saturated heterocycles. The number of hydrogen-bond donors (Lipinski definition) is 0. The Balaban J connectivity index is 1.88. The van der Waals surface area contributed by atoms with Crippen LogP contribution in [0.2, 0.25) is 0 Å². The van der Waals surface area contributed by atoms with E-state index in [4.69, 9.17) is 4.74 Å². The number of rotatable bonds is 8. The normalized spacial score (nSPS) is 13.9. The van der Waals surface area contributed by atoms with Crippen LogP contribution in [0.15, 0.2) is 12.4 Å². The van der Waals surface area contributed by atoms with Gasteiger partial charge in [-0.25, -0.2) is 9.78 Å². The summed E-state index contributed by atoms with van der Waals surface area (Å²) in [6.07, 6.45) is 4.76. The molecule has 160 valence electrons. The van der Waals surface area contributed by atoms with E-state index < -0.39 is 0 Å². The second-order valence-electron chi connectivity index (χ2n) is 7.01. The Hall–Kier alpha value is -2.71. The summed E-state index contributed by atoms with van der Waals surface area (Å²) < 4.78 is 5.00. The van der Waals surface area contributed by atoms with E-state index in [0.29, 0.717) is 51.6 Å². The van der Waals surface area contributed by atoms with E-state index >= 15 is 0 Å². The van der Waals surface area contributed by atoms with Gasteiger partial charge >= 0.3 is 6.09 Å². The molecular weight excluding hydrogens is 374 g/mol. The number of amides is 3. The van der Waals surface area contributed by atoms with Crippen LogP contribution in [0, 0.1) is 6.92 Å². The third-order valence-corrected chi connectivity index (χ3v) is 4.82. The van der Waals surface area contributed by atoms with Crippen LogP contribution in [-0.4, -0.2) is 88.5 Å². The standard InChI is InChI=1S/C20H31N5O4/c1-4-6-8-24(19(27)17-15-21-16(3)14-22-17)9-7-18(26)23-10-12-25(13-11-23)20(28)29-5-2/h14-15H,4-13H2,1-3H3. The fraction of sp³-hybridized carbons (Fsp3) is 0.650. The molecule has 0 radical (unpaired) electrons. The molecule has 0 N–H and O–H groups in total. The largest absolute Gasteiger partial charge is 0.450 e. The number of hydrogen-bond acceptors (Lipinski definition) is 6. The predicted molar refractivity (Wildman–Crippen MR) is 107 cm³/mol. The minimum atomic E-state index is -0.338. The smallest absolute Gasteiger partial charge is 0.409 e. The molecule has 0 aliphatic carbocycles. The molecule has 0 atom stereocenters. The first-order valence-corrected chi connectivity index (χ1v) is 10.2. The lowest BCUT2D eigenvalue weighted by molar-refractivity contribution is -0.133. The van der Waals surface area contributed by atoms with Crippen molar-refractivity contribution in [2.75, 3.05) is 45.9 Å². The molecule has 9 heteroatoms. The van der Waals surface area contributed by atoms with Crippen LogP contribution in [0.4, 0.5) is 4.79 Å². The van der Waals surface area contributed by atoms with Crippen LogP contribution < -0.4 is 0 Å². The van der Waals surface area contributed by atoms with Gasteiger partial charge in [0.15, 0.2) is 0 Å². The molecule has 1 aromatic rings. The van der Waals surface area contributed by atoms with Crippen molar-refractivity contribution >= 4 is 17.9 Å². The molecule has 2 heterocycles. The van der Waals surface area contributed by atoms with Crippen molar-refractivity contribution in [1.82, 2.24) is 24.7 Å². The summed E-state index contributed by atoms with van der Waals surface area (Å²) in [6, 6.07) is 0. The van der Waals surface area contributed by atoms with Crippen LogP contribution in [0.25, 0.3) is 0 Å². The highest BCUT2D eigenvalue weighted by Crippen LogP contribution is 2.09. The zero-order valence-electron chi connectivity index (χ0n) is 17.6. The molecule has 1 aromatic heterocycles. The summed E-state index contributed by atoms with van der Waals surface area (Å²) in [5.41, 5.74) is 1.04. The minimum absolute atomic E-state index is 0.0159. The molecule has 0 aromatic carbocycles. The van der Waals surface area contributed by atoms with Gasteiger partial charge < -0.3 is 19.4 Å². The van der Waals surface area contributed by atoms with Gasteiger partial charge in [-0.3, -0.25) is 14.6 Å². The molecule has 0 unspecified atom stereocenters. The van der Waals surface area contributed by atoms with E-state index in [-0.39, 0.29) is 24.3 Å². The lowest BCUT2D eigenvalue weighted by Gasteiger charge is -2.34. The lowest BCUT2D eigenvalue weighted by atomic mass is 10.2. The van der Waals surface area contributed by atoms with E-state index in [2.05, 4.69) is 16.9 Å².